The van der Waals surface area contributed by atoms with E-state index in [9.17, 15) is 9.59 Å². The summed E-state index contributed by atoms with van der Waals surface area (Å²) in [6.45, 7) is 2.25. The van der Waals surface area contributed by atoms with Crippen molar-refractivity contribution >= 4 is 34.5 Å². The van der Waals surface area contributed by atoms with Crippen molar-refractivity contribution in [1.29, 1.82) is 0 Å². The van der Waals surface area contributed by atoms with E-state index < -0.39 is 0 Å². The van der Waals surface area contributed by atoms with Crippen molar-refractivity contribution in [2.24, 2.45) is 5.92 Å². The van der Waals surface area contributed by atoms with Gasteiger partial charge >= 0.3 is 0 Å². The second kappa shape index (κ2) is 7.80. The first-order valence-corrected chi connectivity index (χ1v) is 9.18. The number of benzene rings is 1. The molecule has 0 bridgehead atoms. The SMILES string of the molecule is COCC(=O)Nc1cccc(NC(=O)c2cc3c(s2)CCC(C)C3)c1. The standard InChI is InChI=1S/C19H22N2O3S/c1-12-6-7-16-13(8-12)9-17(25-16)19(23)21-15-5-3-4-14(10-15)20-18(22)11-24-2/h3-5,9-10,12H,6-8,11H2,1-2H3,(H,20,22)(H,21,23). The molecular weight excluding hydrogens is 336 g/mol. The highest BCUT2D eigenvalue weighted by Gasteiger charge is 2.20. The fraction of sp³-hybridized carbons (Fsp3) is 0.368. The normalized spacial score (nSPS) is 16.2. The molecule has 2 aromatic rings. The van der Waals surface area contributed by atoms with Crippen LogP contribution in [0.15, 0.2) is 30.3 Å². The average Bonchev–Trinajstić information content (AvgIpc) is 2.98. The van der Waals surface area contributed by atoms with Crippen LogP contribution in [0.5, 0.6) is 0 Å². The van der Waals surface area contributed by atoms with E-state index in [2.05, 4.69) is 17.6 Å². The number of ether oxygens (including phenoxy) is 1. The molecule has 1 unspecified atom stereocenters. The summed E-state index contributed by atoms with van der Waals surface area (Å²) in [6.07, 6.45) is 3.31. The van der Waals surface area contributed by atoms with Crippen molar-refractivity contribution in [3.8, 4) is 0 Å². The first-order valence-electron chi connectivity index (χ1n) is 8.37. The molecule has 1 heterocycles. The molecule has 0 saturated heterocycles. The van der Waals surface area contributed by atoms with Crippen LogP contribution in [0.2, 0.25) is 0 Å². The fourth-order valence-corrected chi connectivity index (χ4v) is 4.12. The molecule has 25 heavy (non-hydrogen) atoms. The molecular formula is C19H22N2O3S. The van der Waals surface area contributed by atoms with Crippen molar-refractivity contribution < 1.29 is 14.3 Å². The first-order chi connectivity index (χ1) is 12.0. The van der Waals surface area contributed by atoms with Crippen LogP contribution in [0.1, 0.15) is 33.5 Å². The Kier molecular flexibility index (Phi) is 5.50. The lowest BCUT2D eigenvalue weighted by atomic mass is 9.90. The number of amides is 2. The predicted octanol–water partition coefficient (Wildman–Crippen LogP) is 3.71. The molecule has 1 atom stereocenters. The minimum Gasteiger partial charge on any atom is -0.375 e. The van der Waals surface area contributed by atoms with Crippen molar-refractivity contribution in [2.45, 2.75) is 26.2 Å². The number of thiophene rings is 1. The Morgan fingerprint density at radius 2 is 2.00 bits per heavy atom. The Hall–Kier alpha value is -2.18. The van der Waals surface area contributed by atoms with Gasteiger partial charge in [0, 0.05) is 23.4 Å². The van der Waals surface area contributed by atoms with Crippen LogP contribution in [-0.2, 0) is 22.4 Å². The summed E-state index contributed by atoms with van der Waals surface area (Å²) >= 11 is 1.59. The monoisotopic (exact) mass is 358 g/mol. The maximum absolute atomic E-state index is 12.5. The number of carbonyl (C=O) groups is 2. The number of hydrogen-bond acceptors (Lipinski definition) is 4. The van der Waals surface area contributed by atoms with Crippen molar-refractivity contribution in [2.75, 3.05) is 24.4 Å². The summed E-state index contributed by atoms with van der Waals surface area (Å²) in [6, 6.07) is 9.13. The molecule has 3 rings (SSSR count). The van der Waals surface area contributed by atoms with Crippen LogP contribution in [-0.4, -0.2) is 25.5 Å². The third-order valence-corrected chi connectivity index (χ3v) is 5.47. The summed E-state index contributed by atoms with van der Waals surface area (Å²) in [5.74, 6) is 0.351. The summed E-state index contributed by atoms with van der Waals surface area (Å²) in [5, 5.41) is 5.64. The number of hydrogen-bond donors (Lipinski definition) is 2. The fourth-order valence-electron chi connectivity index (χ4n) is 3.01. The second-order valence-electron chi connectivity index (χ2n) is 6.42. The highest BCUT2D eigenvalue weighted by molar-refractivity contribution is 7.14. The molecule has 0 fully saturated rings. The van der Waals surface area contributed by atoms with E-state index in [1.54, 1.807) is 35.6 Å². The van der Waals surface area contributed by atoms with Crippen molar-refractivity contribution in [3.63, 3.8) is 0 Å². The molecule has 0 radical (unpaired) electrons. The van der Waals surface area contributed by atoms with E-state index in [0.29, 0.717) is 17.3 Å². The number of aryl methyl sites for hydroxylation is 1. The van der Waals surface area contributed by atoms with Gasteiger partial charge < -0.3 is 15.4 Å². The Morgan fingerprint density at radius 3 is 2.76 bits per heavy atom. The molecule has 1 aliphatic rings. The van der Waals surface area contributed by atoms with Crippen LogP contribution < -0.4 is 10.6 Å². The average molecular weight is 358 g/mol. The van der Waals surface area contributed by atoms with Gasteiger partial charge in [-0.05, 0) is 55.0 Å². The molecule has 132 valence electrons. The summed E-state index contributed by atoms with van der Waals surface area (Å²) in [5.41, 5.74) is 2.59. The van der Waals surface area contributed by atoms with Gasteiger partial charge in [-0.2, -0.15) is 0 Å². The number of nitrogens with one attached hydrogen (secondary N) is 2. The molecule has 0 spiro atoms. The molecule has 6 heteroatoms. The van der Waals surface area contributed by atoms with Gasteiger partial charge in [0.25, 0.3) is 5.91 Å². The number of anilines is 2. The quantitative estimate of drug-likeness (QED) is 0.856. The molecule has 1 aliphatic carbocycles. The maximum Gasteiger partial charge on any atom is 0.265 e. The van der Waals surface area contributed by atoms with E-state index in [0.717, 1.165) is 17.7 Å². The number of methoxy groups -OCH3 is 1. The van der Waals surface area contributed by atoms with E-state index >= 15 is 0 Å². The van der Waals surface area contributed by atoms with Crippen molar-refractivity contribution in [3.05, 3.63) is 45.6 Å². The van der Waals surface area contributed by atoms with Crippen LogP contribution in [0, 0.1) is 5.92 Å². The van der Waals surface area contributed by atoms with E-state index in [-0.39, 0.29) is 18.4 Å². The summed E-state index contributed by atoms with van der Waals surface area (Å²) < 4.78 is 4.80. The highest BCUT2D eigenvalue weighted by Crippen LogP contribution is 2.32. The van der Waals surface area contributed by atoms with Gasteiger partial charge in [0.2, 0.25) is 5.91 Å². The minimum atomic E-state index is -0.231. The maximum atomic E-state index is 12.5. The van der Waals surface area contributed by atoms with Gasteiger partial charge in [0.05, 0.1) is 4.88 Å². The topological polar surface area (TPSA) is 67.4 Å². The number of carbonyl (C=O) groups excluding carboxylic acids is 2. The molecule has 0 aliphatic heterocycles. The van der Waals surface area contributed by atoms with Gasteiger partial charge in [-0.25, -0.2) is 0 Å². The second-order valence-corrected chi connectivity index (χ2v) is 7.56. The van der Waals surface area contributed by atoms with Crippen LogP contribution >= 0.6 is 11.3 Å². The lowest BCUT2D eigenvalue weighted by molar-refractivity contribution is -0.119. The van der Waals surface area contributed by atoms with Gasteiger partial charge in [0.15, 0.2) is 0 Å². The molecule has 2 amide bonds. The molecule has 1 aromatic carbocycles. The lowest BCUT2D eigenvalue weighted by Crippen LogP contribution is -2.17. The smallest absolute Gasteiger partial charge is 0.265 e. The van der Waals surface area contributed by atoms with E-state index in [4.69, 9.17) is 4.74 Å². The molecule has 0 saturated carbocycles. The van der Waals surface area contributed by atoms with Gasteiger partial charge in [-0.1, -0.05) is 13.0 Å². The predicted molar refractivity (Wildman–Crippen MR) is 100 cm³/mol. The number of rotatable bonds is 5. The lowest BCUT2D eigenvalue weighted by Gasteiger charge is -2.16. The number of fused-ring (bicyclic) bond motifs is 1. The van der Waals surface area contributed by atoms with Crippen LogP contribution in [0.3, 0.4) is 0 Å². The van der Waals surface area contributed by atoms with E-state index in [1.807, 2.05) is 6.07 Å². The van der Waals surface area contributed by atoms with Gasteiger partial charge in [-0.3, -0.25) is 9.59 Å². The van der Waals surface area contributed by atoms with Crippen LogP contribution in [0.25, 0.3) is 0 Å². The Balaban J connectivity index is 1.68. The Labute approximate surface area is 151 Å². The molecule has 5 nitrogen and oxygen atoms in total. The highest BCUT2D eigenvalue weighted by atomic mass is 32.1. The Morgan fingerprint density at radius 1 is 1.24 bits per heavy atom. The largest absolute Gasteiger partial charge is 0.375 e. The zero-order valence-corrected chi connectivity index (χ0v) is 15.2. The van der Waals surface area contributed by atoms with E-state index in [1.165, 1.54) is 24.0 Å². The zero-order valence-electron chi connectivity index (χ0n) is 14.4. The first kappa shape index (κ1) is 17.6. The molecule has 1 aromatic heterocycles. The Bertz CT molecular complexity index is 785. The van der Waals surface area contributed by atoms with Gasteiger partial charge in [0.1, 0.15) is 6.61 Å². The zero-order chi connectivity index (χ0) is 17.8. The summed E-state index contributed by atoms with van der Waals surface area (Å²) in [4.78, 5) is 26.2. The molecule has 2 N–H and O–H groups in total. The summed E-state index contributed by atoms with van der Waals surface area (Å²) in [7, 11) is 1.47. The minimum absolute atomic E-state index is 0.00421. The third kappa shape index (κ3) is 4.46. The van der Waals surface area contributed by atoms with Gasteiger partial charge in [-0.15, -0.1) is 11.3 Å². The third-order valence-electron chi connectivity index (χ3n) is 4.23. The van der Waals surface area contributed by atoms with Crippen LogP contribution in [0.4, 0.5) is 11.4 Å². The van der Waals surface area contributed by atoms with Crippen molar-refractivity contribution in [1.82, 2.24) is 0 Å².